The lowest BCUT2D eigenvalue weighted by molar-refractivity contribution is -0.145. The lowest BCUT2D eigenvalue weighted by Crippen LogP contribution is -2.57. The second-order valence-electron chi connectivity index (χ2n) is 10.5. The zero-order valence-electron chi connectivity index (χ0n) is 21.3. The van der Waals surface area contributed by atoms with Crippen LogP contribution in [0.3, 0.4) is 0 Å². The average Bonchev–Trinajstić information content (AvgIpc) is 3.18. The number of rotatable bonds is 9. The highest BCUT2D eigenvalue weighted by atomic mass is 19.1. The maximum absolute atomic E-state index is 14.3. The summed E-state index contributed by atoms with van der Waals surface area (Å²) in [6.07, 6.45) is 7.87. The zero-order valence-corrected chi connectivity index (χ0v) is 21.3. The Morgan fingerprint density at radius 3 is 2.36 bits per heavy atom. The molecule has 1 amide bonds. The summed E-state index contributed by atoms with van der Waals surface area (Å²) in [5, 5.41) is 15.5. The third-order valence-electron chi connectivity index (χ3n) is 8.18. The third kappa shape index (κ3) is 4.73. The number of benzene rings is 2. The van der Waals surface area contributed by atoms with Crippen molar-refractivity contribution in [1.82, 2.24) is 10.7 Å². The predicted molar refractivity (Wildman–Crippen MR) is 139 cm³/mol. The summed E-state index contributed by atoms with van der Waals surface area (Å²) in [5.74, 6) is -1.87. The van der Waals surface area contributed by atoms with Gasteiger partial charge in [-0.1, -0.05) is 69.4 Å². The molecule has 2 fully saturated rings. The van der Waals surface area contributed by atoms with E-state index in [2.05, 4.69) is 17.7 Å². The van der Waals surface area contributed by atoms with E-state index in [4.69, 9.17) is 0 Å². The van der Waals surface area contributed by atoms with Crippen LogP contribution in [0.5, 0.6) is 0 Å². The van der Waals surface area contributed by atoms with Gasteiger partial charge in [-0.25, -0.2) is 14.6 Å². The standard InChI is InChI=1S/C29H38FN3O3/c1-3-4-15-25-28(2,27(35)36)33(24-13-9-6-10-14-24)32-29(25,22-16-18-23(30)19-17-22)26(34)31-20-21-11-7-5-8-12-21/h6,9-10,13-14,16-19,21,25,32H,3-5,7-8,11-12,15,20H2,1-2H3,(H,31,34)(H,35,36). The maximum atomic E-state index is 14.3. The van der Waals surface area contributed by atoms with E-state index in [0.29, 0.717) is 30.1 Å². The maximum Gasteiger partial charge on any atom is 0.331 e. The number of amides is 1. The van der Waals surface area contributed by atoms with Crippen molar-refractivity contribution in [3.63, 3.8) is 0 Å². The first-order valence-electron chi connectivity index (χ1n) is 13.2. The number of hydrogen-bond donors (Lipinski definition) is 3. The van der Waals surface area contributed by atoms with Crippen LogP contribution in [0.4, 0.5) is 10.1 Å². The molecule has 1 saturated carbocycles. The van der Waals surface area contributed by atoms with Crippen LogP contribution in [-0.2, 0) is 15.1 Å². The number of halogens is 1. The second kappa shape index (κ2) is 11.0. The molecule has 0 spiro atoms. The second-order valence-corrected chi connectivity index (χ2v) is 10.5. The topological polar surface area (TPSA) is 81.7 Å². The first-order chi connectivity index (χ1) is 17.3. The Hall–Kier alpha value is -2.93. The van der Waals surface area contributed by atoms with Crippen molar-refractivity contribution in [2.24, 2.45) is 11.8 Å². The van der Waals surface area contributed by atoms with Crippen molar-refractivity contribution in [3.05, 3.63) is 66.0 Å². The fraction of sp³-hybridized carbons (Fsp3) is 0.517. The molecule has 7 heteroatoms. The van der Waals surface area contributed by atoms with Crippen LogP contribution in [0.1, 0.15) is 70.8 Å². The van der Waals surface area contributed by atoms with Crippen LogP contribution in [0, 0.1) is 17.7 Å². The smallest absolute Gasteiger partial charge is 0.331 e. The molecule has 0 aromatic heterocycles. The van der Waals surface area contributed by atoms with Gasteiger partial charge in [-0.3, -0.25) is 9.80 Å². The summed E-state index contributed by atoms with van der Waals surface area (Å²) >= 11 is 0. The fourth-order valence-electron chi connectivity index (χ4n) is 6.09. The summed E-state index contributed by atoms with van der Waals surface area (Å²) in [7, 11) is 0. The van der Waals surface area contributed by atoms with Gasteiger partial charge in [0.05, 0.1) is 5.69 Å². The fourth-order valence-corrected chi connectivity index (χ4v) is 6.09. The van der Waals surface area contributed by atoms with E-state index in [1.54, 1.807) is 24.1 Å². The van der Waals surface area contributed by atoms with Gasteiger partial charge in [0.1, 0.15) is 11.4 Å². The van der Waals surface area contributed by atoms with Gasteiger partial charge in [0, 0.05) is 12.5 Å². The molecule has 0 bridgehead atoms. The number of para-hydroxylation sites is 1. The number of nitrogens with one attached hydrogen (secondary N) is 2. The summed E-state index contributed by atoms with van der Waals surface area (Å²) in [6.45, 7) is 4.30. The van der Waals surface area contributed by atoms with Crippen molar-refractivity contribution in [3.8, 4) is 0 Å². The Morgan fingerprint density at radius 1 is 1.08 bits per heavy atom. The average molecular weight is 496 g/mol. The number of carbonyl (C=O) groups excluding carboxylic acids is 1. The van der Waals surface area contributed by atoms with Crippen molar-refractivity contribution < 1.29 is 19.1 Å². The molecule has 36 heavy (non-hydrogen) atoms. The van der Waals surface area contributed by atoms with E-state index in [1.165, 1.54) is 31.4 Å². The molecule has 2 aromatic carbocycles. The number of unbranched alkanes of at least 4 members (excludes halogenated alkanes) is 1. The van der Waals surface area contributed by atoms with Crippen molar-refractivity contribution in [2.75, 3.05) is 11.6 Å². The first-order valence-corrected chi connectivity index (χ1v) is 13.2. The first kappa shape index (κ1) is 26.1. The van der Waals surface area contributed by atoms with Crippen LogP contribution in [0.2, 0.25) is 0 Å². The van der Waals surface area contributed by atoms with Crippen molar-refractivity contribution in [2.45, 2.75) is 76.3 Å². The van der Waals surface area contributed by atoms with Gasteiger partial charge >= 0.3 is 5.97 Å². The van der Waals surface area contributed by atoms with Crippen LogP contribution in [-0.4, -0.2) is 29.1 Å². The molecular weight excluding hydrogens is 457 g/mol. The minimum Gasteiger partial charge on any atom is -0.479 e. The summed E-state index contributed by atoms with van der Waals surface area (Å²) in [5.41, 5.74) is 1.82. The molecule has 0 radical (unpaired) electrons. The van der Waals surface area contributed by atoms with E-state index in [-0.39, 0.29) is 5.91 Å². The summed E-state index contributed by atoms with van der Waals surface area (Å²) in [6, 6.07) is 15.1. The van der Waals surface area contributed by atoms with Crippen LogP contribution >= 0.6 is 0 Å². The Morgan fingerprint density at radius 2 is 1.75 bits per heavy atom. The minimum atomic E-state index is -1.42. The molecule has 3 unspecified atom stereocenters. The van der Waals surface area contributed by atoms with Gasteiger partial charge in [-0.15, -0.1) is 0 Å². The molecule has 3 atom stereocenters. The number of hydrogen-bond acceptors (Lipinski definition) is 4. The van der Waals surface area contributed by atoms with Gasteiger partial charge in [0.2, 0.25) is 5.91 Å². The molecule has 6 nitrogen and oxygen atoms in total. The van der Waals surface area contributed by atoms with E-state index >= 15 is 0 Å². The quantitative estimate of drug-likeness (QED) is 0.434. The summed E-state index contributed by atoms with van der Waals surface area (Å²) in [4.78, 5) is 27.3. The Balaban J connectivity index is 1.83. The molecular formula is C29H38FN3O3. The van der Waals surface area contributed by atoms with E-state index in [0.717, 1.165) is 25.7 Å². The predicted octanol–water partition coefficient (Wildman–Crippen LogP) is 5.39. The lowest BCUT2D eigenvalue weighted by Gasteiger charge is -2.38. The Labute approximate surface area is 213 Å². The van der Waals surface area contributed by atoms with Crippen LogP contribution in [0.25, 0.3) is 0 Å². The molecule has 2 aliphatic rings. The van der Waals surface area contributed by atoms with Gasteiger partial charge in [0.15, 0.2) is 5.54 Å². The molecule has 1 saturated heterocycles. The minimum absolute atomic E-state index is 0.258. The van der Waals surface area contributed by atoms with Crippen molar-refractivity contribution in [1.29, 1.82) is 0 Å². The monoisotopic (exact) mass is 495 g/mol. The number of carbonyl (C=O) groups is 2. The SMILES string of the molecule is CCCCC1C(C(=O)NCC2CCCCC2)(c2ccc(F)cc2)NN(c2ccccc2)C1(C)C(=O)O. The molecule has 194 valence electrons. The highest BCUT2D eigenvalue weighted by Gasteiger charge is 2.66. The van der Waals surface area contributed by atoms with Gasteiger partial charge in [-0.2, -0.15) is 0 Å². The molecule has 1 heterocycles. The van der Waals surface area contributed by atoms with Crippen LogP contribution < -0.4 is 15.8 Å². The third-order valence-corrected chi connectivity index (χ3v) is 8.18. The van der Waals surface area contributed by atoms with E-state index in [9.17, 15) is 19.1 Å². The van der Waals surface area contributed by atoms with Gasteiger partial charge < -0.3 is 10.4 Å². The molecule has 4 rings (SSSR count). The largest absolute Gasteiger partial charge is 0.479 e. The number of aliphatic carboxylic acids is 1. The normalized spacial score (nSPS) is 26.6. The number of hydrazine groups is 1. The zero-order chi connectivity index (χ0) is 25.8. The van der Waals surface area contributed by atoms with Gasteiger partial charge in [-0.05, 0) is 61.9 Å². The van der Waals surface area contributed by atoms with E-state index < -0.39 is 28.8 Å². The Bertz CT molecular complexity index is 1040. The molecule has 1 aliphatic heterocycles. The molecule has 3 N–H and O–H groups in total. The number of carboxylic acid groups (broad SMARTS) is 1. The molecule has 1 aliphatic carbocycles. The van der Waals surface area contributed by atoms with Crippen LogP contribution in [0.15, 0.2) is 54.6 Å². The number of nitrogens with zero attached hydrogens (tertiary/aromatic N) is 1. The highest BCUT2D eigenvalue weighted by molar-refractivity contribution is 5.94. The van der Waals surface area contributed by atoms with Gasteiger partial charge in [0.25, 0.3) is 0 Å². The number of carboxylic acids is 1. The molecule has 2 aromatic rings. The lowest BCUT2D eigenvalue weighted by atomic mass is 9.67. The van der Waals surface area contributed by atoms with E-state index in [1.807, 2.05) is 30.3 Å². The van der Waals surface area contributed by atoms with Crippen molar-refractivity contribution >= 4 is 17.6 Å². The highest BCUT2D eigenvalue weighted by Crippen LogP contribution is 2.50. The summed E-state index contributed by atoms with van der Waals surface area (Å²) < 4.78 is 14.0. The number of anilines is 1. The Kier molecular flexibility index (Phi) is 7.98.